The van der Waals surface area contributed by atoms with E-state index >= 15 is 0 Å². The summed E-state index contributed by atoms with van der Waals surface area (Å²) < 4.78 is 16.2. The molecule has 0 spiro atoms. The van der Waals surface area contributed by atoms with Crippen LogP contribution in [-0.2, 0) is 23.8 Å². The maximum Gasteiger partial charge on any atom is 0.338 e. The lowest BCUT2D eigenvalue weighted by Gasteiger charge is -2.36. The predicted octanol–water partition coefficient (Wildman–Crippen LogP) is 2.14. The number of allylic oxidation sites excluding steroid dienone is 1. The molecule has 2 heterocycles. The summed E-state index contributed by atoms with van der Waals surface area (Å²) in [6, 6.07) is 0. The van der Waals surface area contributed by atoms with Crippen molar-refractivity contribution in [2.45, 2.75) is 51.9 Å². The summed E-state index contributed by atoms with van der Waals surface area (Å²) in [6.45, 7) is 3.76. The van der Waals surface area contributed by atoms with E-state index in [9.17, 15) is 14.7 Å². The molecule has 2 aliphatic heterocycles. The number of rotatable bonds is 3. The van der Waals surface area contributed by atoms with Crippen LogP contribution < -0.4 is 0 Å². The van der Waals surface area contributed by atoms with Crippen LogP contribution in [0.5, 0.6) is 0 Å². The molecule has 0 bridgehead atoms. The van der Waals surface area contributed by atoms with Gasteiger partial charge in [-0.2, -0.15) is 0 Å². The normalized spacial score (nSPS) is 38.4. The Morgan fingerprint density at radius 3 is 2.84 bits per heavy atom. The molecule has 0 amide bonds. The number of fused-ring (bicyclic) bond motifs is 2. The number of aliphatic hydroxyl groups is 1. The van der Waals surface area contributed by atoms with Gasteiger partial charge >= 0.3 is 11.9 Å². The van der Waals surface area contributed by atoms with Crippen molar-refractivity contribution in [2.75, 3.05) is 6.61 Å². The maximum atomic E-state index is 12.3. The fraction of sp³-hybridized carbons (Fsp3) is 0.579. The number of cyclic esters (lactones) is 1. The Hall–Kier alpha value is -2.08. The van der Waals surface area contributed by atoms with Crippen LogP contribution in [0.2, 0.25) is 0 Å². The molecule has 1 N–H and O–H groups in total. The van der Waals surface area contributed by atoms with Crippen molar-refractivity contribution >= 4 is 11.9 Å². The van der Waals surface area contributed by atoms with Crippen molar-refractivity contribution in [2.24, 2.45) is 11.3 Å². The molecule has 1 fully saturated rings. The Balaban J connectivity index is 1.56. The summed E-state index contributed by atoms with van der Waals surface area (Å²) in [5.41, 5.74) is 3.07. The third kappa shape index (κ3) is 2.51. The van der Waals surface area contributed by atoms with E-state index in [0.717, 1.165) is 31.3 Å². The van der Waals surface area contributed by atoms with Crippen LogP contribution in [0.1, 0.15) is 39.5 Å². The van der Waals surface area contributed by atoms with Crippen molar-refractivity contribution in [3.63, 3.8) is 0 Å². The lowest BCUT2D eigenvalue weighted by molar-refractivity contribution is -0.152. The van der Waals surface area contributed by atoms with Gasteiger partial charge in [0.25, 0.3) is 6.29 Å². The highest BCUT2D eigenvalue weighted by Gasteiger charge is 2.53. The van der Waals surface area contributed by atoms with E-state index in [4.69, 9.17) is 14.2 Å². The minimum Gasteiger partial charge on any atom is -0.458 e. The van der Waals surface area contributed by atoms with E-state index in [1.807, 2.05) is 6.92 Å². The van der Waals surface area contributed by atoms with Gasteiger partial charge in [0.1, 0.15) is 6.10 Å². The lowest BCUT2D eigenvalue weighted by Crippen LogP contribution is -2.33. The van der Waals surface area contributed by atoms with Gasteiger partial charge < -0.3 is 19.3 Å². The maximum absolute atomic E-state index is 12.3. The van der Waals surface area contributed by atoms with Crippen LogP contribution in [-0.4, -0.2) is 36.0 Å². The zero-order chi connectivity index (χ0) is 17.8. The van der Waals surface area contributed by atoms with E-state index < -0.39 is 18.2 Å². The Bertz CT molecular complexity index is 730. The summed E-state index contributed by atoms with van der Waals surface area (Å²) in [5, 5.41) is 9.88. The van der Waals surface area contributed by atoms with Gasteiger partial charge in [0.05, 0.1) is 18.4 Å². The molecular formula is C19H22O6. The Morgan fingerprint density at radius 1 is 1.36 bits per heavy atom. The summed E-state index contributed by atoms with van der Waals surface area (Å²) >= 11 is 0. The third-order valence-corrected chi connectivity index (χ3v) is 5.83. The zero-order valence-corrected chi connectivity index (χ0v) is 14.4. The van der Waals surface area contributed by atoms with Crippen LogP contribution in [0.25, 0.3) is 0 Å². The van der Waals surface area contributed by atoms with E-state index in [2.05, 4.69) is 0 Å². The minimum atomic E-state index is -0.793. The zero-order valence-electron chi connectivity index (χ0n) is 14.4. The molecule has 0 saturated carbocycles. The summed E-state index contributed by atoms with van der Waals surface area (Å²) in [7, 11) is 0. The second kappa shape index (κ2) is 5.73. The van der Waals surface area contributed by atoms with Crippen LogP contribution >= 0.6 is 0 Å². The minimum absolute atomic E-state index is 0.0598. The first-order chi connectivity index (χ1) is 11.9. The van der Waals surface area contributed by atoms with Gasteiger partial charge in [0.2, 0.25) is 0 Å². The van der Waals surface area contributed by atoms with Crippen molar-refractivity contribution in [1.82, 2.24) is 0 Å². The van der Waals surface area contributed by atoms with E-state index in [-0.39, 0.29) is 24.0 Å². The smallest absolute Gasteiger partial charge is 0.338 e. The number of hydrogen-bond donors (Lipinski definition) is 1. The van der Waals surface area contributed by atoms with Crippen molar-refractivity contribution in [3.8, 4) is 0 Å². The quantitative estimate of drug-likeness (QED) is 0.365. The molecule has 25 heavy (non-hydrogen) atoms. The molecule has 4 rings (SSSR count). The van der Waals surface area contributed by atoms with Gasteiger partial charge in [0.15, 0.2) is 0 Å². The monoisotopic (exact) mass is 346 g/mol. The molecule has 1 saturated heterocycles. The van der Waals surface area contributed by atoms with Crippen molar-refractivity contribution in [3.05, 3.63) is 34.6 Å². The Kier molecular flexibility index (Phi) is 3.76. The summed E-state index contributed by atoms with van der Waals surface area (Å²) in [6.07, 6.45) is 5.56. The average molecular weight is 346 g/mol. The van der Waals surface area contributed by atoms with E-state index in [1.54, 1.807) is 13.0 Å². The highest BCUT2D eigenvalue weighted by atomic mass is 16.7. The summed E-state index contributed by atoms with van der Waals surface area (Å²) in [4.78, 5) is 23.7. The van der Waals surface area contributed by atoms with Gasteiger partial charge in [-0.3, -0.25) is 0 Å². The third-order valence-electron chi connectivity index (χ3n) is 5.83. The molecule has 134 valence electrons. The van der Waals surface area contributed by atoms with Gasteiger partial charge in [-0.15, -0.1) is 0 Å². The molecule has 0 aromatic heterocycles. The van der Waals surface area contributed by atoms with Crippen LogP contribution in [0.15, 0.2) is 34.6 Å². The average Bonchev–Trinajstić information content (AvgIpc) is 3.18. The standard InChI is InChI=1S/C19H22O6/c1-10-6-14(24-17(10)21)23-8-13-12-7-11-4-3-5-19(2,9-20)15(11)16(12)25-18(13)22/h6,8,12,14,16,20H,3-5,7,9H2,1-2H3/b13-8+/t12-,14-,16+,19+/m0/s1. The van der Waals surface area contributed by atoms with Crippen LogP contribution in [0, 0.1) is 11.3 Å². The van der Waals surface area contributed by atoms with E-state index in [1.165, 1.54) is 11.8 Å². The fourth-order valence-electron chi connectivity index (χ4n) is 4.48. The second-order valence-corrected chi connectivity index (χ2v) is 7.56. The Labute approximate surface area is 146 Å². The molecule has 0 radical (unpaired) electrons. The second-order valence-electron chi connectivity index (χ2n) is 7.56. The number of esters is 2. The summed E-state index contributed by atoms with van der Waals surface area (Å²) in [5.74, 6) is -0.881. The molecule has 0 aromatic carbocycles. The first kappa shape index (κ1) is 16.4. The Morgan fingerprint density at radius 2 is 2.16 bits per heavy atom. The topological polar surface area (TPSA) is 82.1 Å². The van der Waals surface area contributed by atoms with Crippen LogP contribution in [0.4, 0.5) is 0 Å². The van der Waals surface area contributed by atoms with Gasteiger partial charge in [0, 0.05) is 23.0 Å². The first-order valence-electron chi connectivity index (χ1n) is 8.72. The van der Waals surface area contributed by atoms with Crippen molar-refractivity contribution in [1.29, 1.82) is 0 Å². The number of carbonyl (C=O) groups excluding carboxylic acids is 2. The lowest BCUT2D eigenvalue weighted by atomic mass is 9.71. The molecule has 4 atom stereocenters. The van der Waals surface area contributed by atoms with Crippen molar-refractivity contribution < 1.29 is 28.9 Å². The number of hydrogen-bond acceptors (Lipinski definition) is 6. The van der Waals surface area contributed by atoms with Gasteiger partial charge in [-0.05, 0) is 38.2 Å². The molecule has 0 unspecified atom stereocenters. The number of aliphatic hydroxyl groups excluding tert-OH is 1. The largest absolute Gasteiger partial charge is 0.458 e. The molecule has 0 aromatic rings. The molecule has 2 aliphatic carbocycles. The molecule has 4 aliphatic rings. The number of ether oxygens (including phenoxy) is 3. The van der Waals surface area contributed by atoms with Crippen LogP contribution in [0.3, 0.4) is 0 Å². The fourth-order valence-corrected chi connectivity index (χ4v) is 4.48. The molecule has 6 heteroatoms. The van der Waals surface area contributed by atoms with Gasteiger partial charge in [-0.25, -0.2) is 9.59 Å². The molecular weight excluding hydrogens is 324 g/mol. The number of carbonyl (C=O) groups is 2. The first-order valence-corrected chi connectivity index (χ1v) is 8.72. The predicted molar refractivity (Wildman–Crippen MR) is 86.9 cm³/mol. The van der Waals surface area contributed by atoms with Gasteiger partial charge in [-0.1, -0.05) is 12.5 Å². The SMILES string of the molecule is CC1=C[C@@H](O/C=C2/C(=O)O[C@H]3C4=C(CCC[C@]4(C)CO)C[C@@H]23)OC1=O. The molecule has 6 nitrogen and oxygen atoms in total. The van der Waals surface area contributed by atoms with E-state index in [0.29, 0.717) is 11.1 Å². The highest BCUT2D eigenvalue weighted by molar-refractivity contribution is 5.92. The highest BCUT2D eigenvalue weighted by Crippen LogP contribution is 2.54.